The van der Waals surface area contributed by atoms with Gasteiger partial charge in [-0.15, -0.1) is 0 Å². The highest BCUT2D eigenvalue weighted by molar-refractivity contribution is 5.95. The molecule has 4 rings (SSSR count). The normalized spacial score (nSPS) is 20.5. The van der Waals surface area contributed by atoms with Crippen LogP contribution in [0.4, 0.5) is 0 Å². The van der Waals surface area contributed by atoms with Gasteiger partial charge in [0.05, 0.1) is 5.69 Å². The van der Waals surface area contributed by atoms with Gasteiger partial charge in [0.1, 0.15) is 0 Å². The lowest BCUT2D eigenvalue weighted by atomic mass is 10.00. The third-order valence-electron chi connectivity index (χ3n) is 6.02. The van der Waals surface area contributed by atoms with Crippen molar-refractivity contribution in [2.24, 2.45) is 5.73 Å². The fourth-order valence-corrected chi connectivity index (χ4v) is 4.35. The third-order valence-corrected chi connectivity index (χ3v) is 6.02. The van der Waals surface area contributed by atoms with Crippen molar-refractivity contribution in [1.82, 2.24) is 14.8 Å². The molecule has 1 amide bonds. The molecule has 1 aromatic heterocycles. The Labute approximate surface area is 167 Å². The van der Waals surface area contributed by atoms with E-state index in [1.54, 1.807) is 0 Å². The molecular formula is C23H30N4O. The molecule has 1 atom stereocenters. The van der Waals surface area contributed by atoms with Crippen LogP contribution >= 0.6 is 0 Å². The fourth-order valence-electron chi connectivity index (χ4n) is 4.35. The number of hydrogen-bond acceptors (Lipinski definition) is 4. The molecule has 2 N–H and O–H groups in total. The van der Waals surface area contributed by atoms with Crippen molar-refractivity contribution in [2.45, 2.75) is 44.7 Å². The minimum atomic E-state index is 0.0932. The first-order chi connectivity index (χ1) is 13.7. The van der Waals surface area contributed by atoms with Crippen molar-refractivity contribution in [3.8, 4) is 11.3 Å². The van der Waals surface area contributed by atoms with Crippen molar-refractivity contribution in [3.05, 3.63) is 53.7 Å². The highest BCUT2D eigenvalue weighted by atomic mass is 16.2. The second kappa shape index (κ2) is 8.84. The van der Waals surface area contributed by atoms with Crippen molar-refractivity contribution in [3.63, 3.8) is 0 Å². The Morgan fingerprint density at radius 3 is 2.43 bits per heavy atom. The molecule has 2 fully saturated rings. The van der Waals surface area contributed by atoms with Gasteiger partial charge >= 0.3 is 0 Å². The van der Waals surface area contributed by atoms with Gasteiger partial charge in [0, 0.05) is 43.0 Å². The van der Waals surface area contributed by atoms with E-state index in [4.69, 9.17) is 5.73 Å². The van der Waals surface area contributed by atoms with E-state index in [-0.39, 0.29) is 11.9 Å². The molecule has 2 saturated heterocycles. The number of nitrogens with zero attached hydrogens (tertiary/aromatic N) is 3. The predicted molar refractivity (Wildman–Crippen MR) is 112 cm³/mol. The third kappa shape index (κ3) is 4.26. The van der Waals surface area contributed by atoms with Gasteiger partial charge in [-0.25, -0.2) is 0 Å². The Morgan fingerprint density at radius 1 is 1.00 bits per heavy atom. The maximum Gasteiger partial charge on any atom is 0.254 e. The zero-order chi connectivity index (χ0) is 19.3. The van der Waals surface area contributed by atoms with Crippen LogP contribution in [0, 0.1) is 0 Å². The van der Waals surface area contributed by atoms with E-state index in [2.05, 4.69) is 22.0 Å². The van der Waals surface area contributed by atoms with Gasteiger partial charge in [-0.3, -0.25) is 14.7 Å². The summed E-state index contributed by atoms with van der Waals surface area (Å²) in [6, 6.07) is 12.2. The summed E-state index contributed by atoms with van der Waals surface area (Å²) >= 11 is 0. The van der Waals surface area contributed by atoms with Gasteiger partial charge < -0.3 is 10.6 Å². The maximum atomic E-state index is 12.9. The smallest absolute Gasteiger partial charge is 0.254 e. The lowest BCUT2D eigenvalue weighted by molar-refractivity contribution is 0.0623. The van der Waals surface area contributed by atoms with Crippen molar-refractivity contribution in [1.29, 1.82) is 0 Å². The summed E-state index contributed by atoms with van der Waals surface area (Å²) in [6.45, 7) is 4.72. The number of aromatic nitrogens is 1. The Bertz CT molecular complexity index is 781. The monoisotopic (exact) mass is 378 g/mol. The van der Waals surface area contributed by atoms with Gasteiger partial charge in [-0.1, -0.05) is 18.2 Å². The number of carbonyl (C=O) groups is 1. The first kappa shape index (κ1) is 19.1. The van der Waals surface area contributed by atoms with Gasteiger partial charge in [-0.05, 0) is 69.0 Å². The summed E-state index contributed by atoms with van der Waals surface area (Å²) in [5.41, 5.74) is 9.85. The van der Waals surface area contributed by atoms with E-state index in [0.29, 0.717) is 6.54 Å². The van der Waals surface area contributed by atoms with Gasteiger partial charge in [0.25, 0.3) is 5.91 Å². The molecule has 1 unspecified atom stereocenters. The van der Waals surface area contributed by atoms with Crippen molar-refractivity contribution >= 4 is 5.91 Å². The highest BCUT2D eigenvalue weighted by Gasteiger charge is 2.26. The predicted octanol–water partition coefficient (Wildman–Crippen LogP) is 3.30. The molecule has 28 heavy (non-hydrogen) atoms. The Hall–Kier alpha value is -2.24. The molecule has 0 radical (unpaired) electrons. The summed E-state index contributed by atoms with van der Waals surface area (Å²) < 4.78 is 0. The Kier molecular flexibility index (Phi) is 6.03. The molecule has 3 heterocycles. The second-order valence-corrected chi connectivity index (χ2v) is 8.00. The van der Waals surface area contributed by atoms with E-state index in [1.807, 2.05) is 35.4 Å². The van der Waals surface area contributed by atoms with Crippen LogP contribution in [0.3, 0.4) is 0 Å². The van der Waals surface area contributed by atoms with Crippen LogP contribution in [0.1, 0.15) is 48.0 Å². The van der Waals surface area contributed by atoms with Crippen LogP contribution in [0.15, 0.2) is 42.6 Å². The minimum Gasteiger partial charge on any atom is -0.334 e. The molecule has 2 aliphatic rings. The quantitative estimate of drug-likeness (QED) is 0.867. The summed E-state index contributed by atoms with van der Waals surface area (Å²) in [5, 5.41) is 0. The Balaban J connectivity index is 1.43. The average Bonchev–Trinajstić information content (AvgIpc) is 3.27. The number of likely N-dealkylation sites (tertiary alicyclic amines) is 2. The van der Waals surface area contributed by atoms with E-state index >= 15 is 0 Å². The molecule has 5 nitrogen and oxygen atoms in total. The topological polar surface area (TPSA) is 62.5 Å². The summed E-state index contributed by atoms with van der Waals surface area (Å²) in [6.07, 6.45) is 7.82. The van der Waals surface area contributed by atoms with E-state index < -0.39 is 0 Å². The van der Waals surface area contributed by atoms with E-state index in [9.17, 15) is 4.79 Å². The van der Waals surface area contributed by atoms with E-state index in [1.165, 1.54) is 31.5 Å². The summed E-state index contributed by atoms with van der Waals surface area (Å²) in [7, 11) is 0. The first-order valence-corrected chi connectivity index (χ1v) is 10.5. The zero-order valence-corrected chi connectivity index (χ0v) is 16.5. The SMILES string of the molecule is NCC1CCCCN1C(=O)c1ccc(-c2ccc(CN3CCCC3)cn2)cc1. The van der Waals surface area contributed by atoms with Crippen molar-refractivity contribution < 1.29 is 4.79 Å². The van der Waals surface area contributed by atoms with Crippen LogP contribution < -0.4 is 5.73 Å². The number of pyridine rings is 1. The molecular weight excluding hydrogens is 348 g/mol. The van der Waals surface area contributed by atoms with Crippen molar-refractivity contribution in [2.75, 3.05) is 26.2 Å². The van der Waals surface area contributed by atoms with Crippen LogP contribution in [0.5, 0.6) is 0 Å². The Morgan fingerprint density at radius 2 is 1.75 bits per heavy atom. The number of piperidine rings is 1. The molecule has 0 bridgehead atoms. The van der Waals surface area contributed by atoms with Gasteiger partial charge in [0.2, 0.25) is 0 Å². The largest absolute Gasteiger partial charge is 0.334 e. The standard InChI is InChI=1S/C23H30N4O/c24-15-21-5-1-2-14-27(21)23(28)20-9-7-19(8-10-20)22-11-6-18(16-25-22)17-26-12-3-4-13-26/h6-11,16,21H,1-5,12-15,17,24H2. The van der Waals surface area contributed by atoms with Crippen LogP contribution in [0.2, 0.25) is 0 Å². The lowest BCUT2D eigenvalue weighted by Gasteiger charge is -2.35. The lowest BCUT2D eigenvalue weighted by Crippen LogP contribution is -2.47. The molecule has 2 aliphatic heterocycles. The minimum absolute atomic E-state index is 0.0932. The number of hydrogen-bond donors (Lipinski definition) is 1. The number of nitrogens with two attached hydrogens (primary N) is 1. The molecule has 2 aromatic rings. The van der Waals surface area contributed by atoms with E-state index in [0.717, 1.165) is 49.2 Å². The van der Waals surface area contributed by atoms with Crippen LogP contribution in [-0.4, -0.2) is 52.9 Å². The molecule has 148 valence electrons. The highest BCUT2D eigenvalue weighted by Crippen LogP contribution is 2.22. The number of carbonyl (C=O) groups excluding carboxylic acids is 1. The second-order valence-electron chi connectivity index (χ2n) is 8.00. The number of benzene rings is 1. The van der Waals surface area contributed by atoms with Crippen LogP contribution in [0.25, 0.3) is 11.3 Å². The van der Waals surface area contributed by atoms with Crippen LogP contribution in [-0.2, 0) is 6.54 Å². The van der Waals surface area contributed by atoms with Gasteiger partial charge in [0.15, 0.2) is 0 Å². The zero-order valence-electron chi connectivity index (χ0n) is 16.5. The summed E-state index contributed by atoms with van der Waals surface area (Å²) in [5.74, 6) is 0.0932. The molecule has 5 heteroatoms. The molecule has 0 aliphatic carbocycles. The summed E-state index contributed by atoms with van der Waals surface area (Å²) in [4.78, 5) is 21.9. The number of rotatable bonds is 5. The molecule has 0 saturated carbocycles. The fraction of sp³-hybridized carbons (Fsp3) is 0.478. The molecule has 0 spiro atoms. The first-order valence-electron chi connectivity index (χ1n) is 10.5. The molecule has 1 aromatic carbocycles. The maximum absolute atomic E-state index is 12.9. The average molecular weight is 379 g/mol. The number of amides is 1. The van der Waals surface area contributed by atoms with Gasteiger partial charge in [-0.2, -0.15) is 0 Å².